The molecule has 0 atom stereocenters. The van der Waals surface area contributed by atoms with E-state index in [1.54, 1.807) is 19.2 Å². The Hall–Kier alpha value is -3.20. The Bertz CT molecular complexity index is 944. The first-order valence-electron chi connectivity index (χ1n) is 8.25. The Balaban J connectivity index is 1.61. The van der Waals surface area contributed by atoms with Gasteiger partial charge >= 0.3 is 0 Å². The molecule has 1 heterocycles. The normalized spacial score (nSPS) is 11.0. The van der Waals surface area contributed by atoms with E-state index in [4.69, 9.17) is 18.6 Å². The highest BCUT2D eigenvalue weighted by atomic mass is 32.2. The van der Waals surface area contributed by atoms with Crippen molar-refractivity contribution in [2.75, 3.05) is 27.1 Å². The number of carbonyl (C=O) groups is 1. The monoisotopic (exact) mass is 401 g/mol. The van der Waals surface area contributed by atoms with Gasteiger partial charge in [0.25, 0.3) is 11.1 Å². The van der Waals surface area contributed by atoms with E-state index < -0.39 is 0 Å². The number of hydrazone groups is 1. The van der Waals surface area contributed by atoms with Gasteiger partial charge in [0, 0.05) is 12.1 Å². The number of oxazole rings is 1. The second kappa shape index (κ2) is 9.14. The van der Waals surface area contributed by atoms with E-state index in [1.807, 2.05) is 24.3 Å². The highest BCUT2D eigenvalue weighted by molar-refractivity contribution is 7.99. The minimum Gasteiger partial charge on any atom is -0.496 e. The number of thioether (sulfide) groups is 1. The summed E-state index contributed by atoms with van der Waals surface area (Å²) in [6.45, 7) is 0. The molecule has 0 radical (unpaired) electrons. The van der Waals surface area contributed by atoms with Crippen LogP contribution in [0.1, 0.15) is 5.56 Å². The summed E-state index contributed by atoms with van der Waals surface area (Å²) in [6.07, 6.45) is 1.46. The molecule has 1 aromatic heterocycles. The molecule has 1 amide bonds. The third-order valence-electron chi connectivity index (χ3n) is 3.74. The summed E-state index contributed by atoms with van der Waals surface area (Å²) in [7, 11) is 4.61. The SMILES string of the molecule is COc1cc(OC)c(/C=N\NC(=O)CSc2nc3ccccc3o2)c(OC)c1. The molecule has 0 aliphatic carbocycles. The third-order valence-corrected chi connectivity index (χ3v) is 4.57. The number of fused-ring (bicyclic) bond motifs is 1. The van der Waals surface area contributed by atoms with Gasteiger partial charge in [0.05, 0.1) is 38.9 Å². The van der Waals surface area contributed by atoms with Crippen molar-refractivity contribution in [1.82, 2.24) is 10.4 Å². The van der Waals surface area contributed by atoms with Crippen LogP contribution in [0.4, 0.5) is 0 Å². The number of para-hydroxylation sites is 2. The van der Waals surface area contributed by atoms with Crippen molar-refractivity contribution in [2.24, 2.45) is 5.10 Å². The van der Waals surface area contributed by atoms with E-state index in [0.717, 1.165) is 5.52 Å². The predicted octanol–water partition coefficient (Wildman–Crippen LogP) is 3.10. The van der Waals surface area contributed by atoms with Gasteiger partial charge < -0.3 is 18.6 Å². The molecule has 0 unspecified atom stereocenters. The Kier molecular flexibility index (Phi) is 6.38. The number of hydrogen-bond acceptors (Lipinski definition) is 8. The Morgan fingerprint density at radius 1 is 1.18 bits per heavy atom. The van der Waals surface area contributed by atoms with Gasteiger partial charge in [-0.1, -0.05) is 23.9 Å². The van der Waals surface area contributed by atoms with Crippen LogP contribution in [0.2, 0.25) is 0 Å². The number of carbonyl (C=O) groups excluding carboxylic acids is 1. The van der Waals surface area contributed by atoms with E-state index >= 15 is 0 Å². The molecule has 9 heteroatoms. The molecular weight excluding hydrogens is 382 g/mol. The first-order valence-corrected chi connectivity index (χ1v) is 9.23. The molecule has 0 aliphatic rings. The maximum absolute atomic E-state index is 12.0. The van der Waals surface area contributed by atoms with Gasteiger partial charge in [0.15, 0.2) is 5.58 Å². The summed E-state index contributed by atoms with van der Waals surface area (Å²) in [5.41, 5.74) is 4.48. The maximum atomic E-state index is 12.0. The molecule has 1 N–H and O–H groups in total. The standard InChI is InChI=1S/C19H19N3O5S/c1-24-12-8-16(25-2)13(17(9-12)26-3)10-20-22-18(23)11-28-19-21-14-6-4-5-7-15(14)27-19/h4-10H,11H2,1-3H3,(H,22,23)/b20-10-. The van der Waals surface area contributed by atoms with Crippen LogP contribution in [0.15, 0.2) is 51.1 Å². The molecule has 0 spiro atoms. The molecule has 8 nitrogen and oxygen atoms in total. The average Bonchev–Trinajstić information content (AvgIpc) is 3.15. The molecule has 0 fully saturated rings. The second-order valence-corrected chi connectivity index (χ2v) is 6.40. The van der Waals surface area contributed by atoms with Crippen molar-refractivity contribution in [3.05, 3.63) is 42.0 Å². The first-order chi connectivity index (χ1) is 13.6. The van der Waals surface area contributed by atoms with Gasteiger partial charge in [0.2, 0.25) is 0 Å². The minimum absolute atomic E-state index is 0.112. The lowest BCUT2D eigenvalue weighted by molar-refractivity contribution is -0.118. The molecule has 0 aliphatic heterocycles. The first kappa shape index (κ1) is 19.6. The number of methoxy groups -OCH3 is 3. The molecule has 0 saturated heterocycles. The summed E-state index contributed by atoms with van der Waals surface area (Å²) in [5, 5.41) is 4.41. The largest absolute Gasteiger partial charge is 0.496 e. The molecule has 2 aromatic carbocycles. The van der Waals surface area contributed by atoms with Crippen molar-refractivity contribution >= 4 is 35.0 Å². The lowest BCUT2D eigenvalue weighted by atomic mass is 10.2. The maximum Gasteiger partial charge on any atom is 0.257 e. The van der Waals surface area contributed by atoms with Crippen LogP contribution in [0.5, 0.6) is 17.2 Å². The van der Waals surface area contributed by atoms with Crippen molar-refractivity contribution in [3.63, 3.8) is 0 Å². The topological polar surface area (TPSA) is 95.2 Å². The zero-order valence-corrected chi connectivity index (χ0v) is 16.4. The fraction of sp³-hybridized carbons (Fsp3) is 0.211. The summed E-state index contributed by atoms with van der Waals surface area (Å²) in [5.74, 6) is 1.42. The van der Waals surface area contributed by atoms with Gasteiger partial charge in [-0.25, -0.2) is 10.4 Å². The summed E-state index contributed by atoms with van der Waals surface area (Å²) in [6, 6.07) is 10.8. The molecule has 3 rings (SSSR count). The van der Waals surface area contributed by atoms with Crippen molar-refractivity contribution in [1.29, 1.82) is 0 Å². The highest BCUT2D eigenvalue weighted by Gasteiger charge is 2.12. The Morgan fingerprint density at radius 2 is 1.89 bits per heavy atom. The number of hydrogen-bond donors (Lipinski definition) is 1. The highest BCUT2D eigenvalue weighted by Crippen LogP contribution is 2.32. The van der Waals surface area contributed by atoms with E-state index in [1.165, 1.54) is 32.2 Å². The van der Waals surface area contributed by atoms with E-state index in [0.29, 0.717) is 33.6 Å². The van der Waals surface area contributed by atoms with Crippen molar-refractivity contribution in [3.8, 4) is 17.2 Å². The van der Waals surface area contributed by atoms with E-state index in [9.17, 15) is 4.79 Å². The van der Waals surface area contributed by atoms with Crippen LogP contribution in [-0.2, 0) is 4.79 Å². The Morgan fingerprint density at radius 3 is 2.54 bits per heavy atom. The Labute approximate surface area is 165 Å². The molecule has 146 valence electrons. The summed E-state index contributed by atoms with van der Waals surface area (Å²) in [4.78, 5) is 16.3. The number of benzene rings is 2. The van der Waals surface area contributed by atoms with Crippen LogP contribution < -0.4 is 19.6 Å². The third kappa shape index (κ3) is 4.55. The molecule has 0 bridgehead atoms. The summed E-state index contributed by atoms with van der Waals surface area (Å²) >= 11 is 1.19. The molecular formula is C19H19N3O5S. The average molecular weight is 401 g/mol. The summed E-state index contributed by atoms with van der Waals surface area (Å²) < 4.78 is 21.4. The van der Waals surface area contributed by atoms with Crippen molar-refractivity contribution in [2.45, 2.75) is 5.22 Å². The van der Waals surface area contributed by atoms with Crippen LogP contribution in [0.3, 0.4) is 0 Å². The van der Waals surface area contributed by atoms with Crippen LogP contribution in [0, 0.1) is 0 Å². The smallest absolute Gasteiger partial charge is 0.257 e. The quantitative estimate of drug-likeness (QED) is 0.352. The second-order valence-electron chi connectivity index (χ2n) is 5.47. The molecule has 3 aromatic rings. The van der Waals surface area contributed by atoms with Gasteiger partial charge in [-0.3, -0.25) is 4.79 Å². The molecule has 28 heavy (non-hydrogen) atoms. The van der Waals surface area contributed by atoms with Crippen LogP contribution >= 0.6 is 11.8 Å². The van der Waals surface area contributed by atoms with Crippen LogP contribution in [-0.4, -0.2) is 44.2 Å². The molecule has 0 saturated carbocycles. The van der Waals surface area contributed by atoms with Gasteiger partial charge in [-0.15, -0.1) is 0 Å². The van der Waals surface area contributed by atoms with Gasteiger partial charge in [-0.05, 0) is 12.1 Å². The number of nitrogens with one attached hydrogen (secondary N) is 1. The fourth-order valence-corrected chi connectivity index (χ4v) is 3.03. The minimum atomic E-state index is -0.296. The number of nitrogens with zero attached hydrogens (tertiary/aromatic N) is 2. The number of ether oxygens (including phenoxy) is 3. The van der Waals surface area contributed by atoms with Gasteiger partial charge in [-0.2, -0.15) is 5.10 Å². The zero-order chi connectivity index (χ0) is 19.9. The van der Waals surface area contributed by atoms with Gasteiger partial charge in [0.1, 0.15) is 22.8 Å². The fourth-order valence-electron chi connectivity index (χ4n) is 2.40. The van der Waals surface area contributed by atoms with E-state index in [-0.39, 0.29) is 11.7 Å². The number of rotatable bonds is 8. The van der Waals surface area contributed by atoms with E-state index in [2.05, 4.69) is 15.5 Å². The predicted molar refractivity (Wildman–Crippen MR) is 107 cm³/mol. The zero-order valence-electron chi connectivity index (χ0n) is 15.6. The number of aromatic nitrogens is 1. The lowest BCUT2D eigenvalue weighted by Crippen LogP contribution is -2.19. The van der Waals surface area contributed by atoms with Crippen molar-refractivity contribution < 1.29 is 23.4 Å². The number of amides is 1. The van der Waals surface area contributed by atoms with Crippen LogP contribution in [0.25, 0.3) is 11.1 Å². The lowest BCUT2D eigenvalue weighted by Gasteiger charge is -2.12.